The van der Waals surface area contributed by atoms with E-state index in [2.05, 4.69) is 15.1 Å². The van der Waals surface area contributed by atoms with Crippen molar-refractivity contribution >= 4 is 11.6 Å². The van der Waals surface area contributed by atoms with E-state index in [9.17, 15) is 23.3 Å². The minimum atomic E-state index is -2.79. The van der Waals surface area contributed by atoms with Gasteiger partial charge in [0.15, 0.2) is 5.82 Å². The second-order valence-corrected chi connectivity index (χ2v) is 7.14. The molecule has 0 atom stereocenters. The molecule has 0 saturated carbocycles. The fourth-order valence-electron chi connectivity index (χ4n) is 3.36. The van der Waals surface area contributed by atoms with Crippen molar-refractivity contribution < 1.29 is 18.1 Å². The van der Waals surface area contributed by atoms with Gasteiger partial charge in [-0.3, -0.25) is 10.1 Å². The highest BCUT2D eigenvalue weighted by Gasteiger charge is 2.36. The Morgan fingerprint density at radius 1 is 1.23 bits per heavy atom. The number of hydrogen-bond acceptors (Lipinski definition) is 6. The molecule has 3 aromatic rings. The number of nitro groups is 1. The topological polar surface area (TPSA) is 90.0 Å². The highest BCUT2D eigenvalue weighted by atomic mass is 19.3. The average Bonchev–Trinajstić information content (AvgIpc) is 3.16. The normalized spacial score (nSPS) is 15.9. The van der Waals surface area contributed by atoms with Crippen molar-refractivity contribution in [2.24, 2.45) is 0 Å². The van der Waals surface area contributed by atoms with E-state index in [1.165, 1.54) is 34.1 Å². The van der Waals surface area contributed by atoms with Crippen LogP contribution in [0.25, 0.3) is 16.9 Å². The summed E-state index contributed by atoms with van der Waals surface area (Å²) in [5.41, 5.74) is 1.26. The zero-order valence-electron chi connectivity index (χ0n) is 15.9. The highest BCUT2D eigenvalue weighted by molar-refractivity contribution is 5.60. The standard InChI is InChI=1S/C19H17F3N6O2/c1-12-7-16(25-18(24-12)26-6-2-5-19(21,22)11-26)13-9-23-27(10-13)17-4-3-14(28(29)30)8-15(17)20/h3-4,7-10H,2,5-6,11H2,1H3. The molecule has 0 spiro atoms. The highest BCUT2D eigenvalue weighted by Crippen LogP contribution is 2.30. The van der Waals surface area contributed by atoms with Crippen LogP contribution in [0.5, 0.6) is 0 Å². The molecule has 0 aliphatic carbocycles. The quantitative estimate of drug-likeness (QED) is 0.471. The number of benzene rings is 1. The van der Waals surface area contributed by atoms with E-state index in [1.807, 2.05) is 0 Å². The molecule has 0 amide bonds. The summed E-state index contributed by atoms with van der Waals surface area (Å²) >= 11 is 0. The third-order valence-corrected chi connectivity index (χ3v) is 4.79. The lowest BCUT2D eigenvalue weighted by Crippen LogP contribution is -2.43. The van der Waals surface area contributed by atoms with E-state index in [1.54, 1.807) is 13.0 Å². The third-order valence-electron chi connectivity index (χ3n) is 4.79. The Labute approximate surface area is 169 Å². The molecule has 0 bridgehead atoms. The Balaban J connectivity index is 1.65. The SMILES string of the molecule is Cc1cc(-c2cnn(-c3ccc([N+](=O)[O-])cc3F)c2)nc(N2CCCC(F)(F)C2)n1. The molecule has 0 unspecified atom stereocenters. The number of non-ortho nitro benzene ring substituents is 1. The molecule has 3 heterocycles. The molecule has 1 fully saturated rings. The van der Waals surface area contributed by atoms with Gasteiger partial charge in [-0.15, -0.1) is 0 Å². The smallest absolute Gasteiger partial charge is 0.272 e. The average molecular weight is 418 g/mol. The van der Waals surface area contributed by atoms with Crippen molar-refractivity contribution in [3.8, 4) is 16.9 Å². The van der Waals surface area contributed by atoms with Gasteiger partial charge in [-0.1, -0.05) is 0 Å². The minimum Gasteiger partial charge on any atom is -0.335 e. The van der Waals surface area contributed by atoms with Crippen molar-refractivity contribution in [3.05, 3.63) is 58.3 Å². The first-order chi connectivity index (χ1) is 14.2. The fraction of sp³-hybridized carbons (Fsp3) is 0.316. The molecule has 4 rings (SSSR count). The number of hydrogen-bond donors (Lipinski definition) is 0. The van der Waals surface area contributed by atoms with Crippen molar-refractivity contribution in [3.63, 3.8) is 0 Å². The summed E-state index contributed by atoms with van der Waals surface area (Å²) in [5, 5.41) is 14.9. The number of rotatable bonds is 4. The first kappa shape index (κ1) is 19.8. The van der Waals surface area contributed by atoms with Crippen LogP contribution < -0.4 is 4.90 Å². The number of alkyl halides is 2. The number of piperidine rings is 1. The largest absolute Gasteiger partial charge is 0.335 e. The van der Waals surface area contributed by atoms with Crippen LogP contribution in [-0.2, 0) is 0 Å². The Kier molecular flexibility index (Phi) is 4.88. The second kappa shape index (κ2) is 7.39. The molecule has 8 nitrogen and oxygen atoms in total. The lowest BCUT2D eigenvalue weighted by atomic mass is 10.1. The van der Waals surface area contributed by atoms with Gasteiger partial charge in [0.2, 0.25) is 5.95 Å². The molecule has 1 aromatic carbocycles. The number of nitrogens with zero attached hydrogens (tertiary/aromatic N) is 6. The Bertz CT molecular complexity index is 1120. The summed E-state index contributed by atoms with van der Waals surface area (Å²) < 4.78 is 43.1. The summed E-state index contributed by atoms with van der Waals surface area (Å²) in [4.78, 5) is 20.2. The number of halogens is 3. The van der Waals surface area contributed by atoms with Crippen LogP contribution in [0, 0.1) is 22.9 Å². The van der Waals surface area contributed by atoms with E-state index in [-0.39, 0.29) is 23.7 Å². The summed E-state index contributed by atoms with van der Waals surface area (Å²) in [7, 11) is 0. The van der Waals surface area contributed by atoms with Crippen molar-refractivity contribution in [1.29, 1.82) is 0 Å². The van der Waals surface area contributed by atoms with E-state index in [0.29, 0.717) is 29.9 Å². The molecule has 1 aliphatic rings. The van der Waals surface area contributed by atoms with Crippen LogP contribution in [-0.4, -0.2) is 43.7 Å². The molecule has 11 heteroatoms. The summed E-state index contributed by atoms with van der Waals surface area (Å²) in [6.07, 6.45) is 3.16. The third kappa shape index (κ3) is 3.95. The molecule has 0 radical (unpaired) electrons. The van der Waals surface area contributed by atoms with E-state index in [4.69, 9.17) is 0 Å². The van der Waals surface area contributed by atoms with Gasteiger partial charge in [0.05, 0.1) is 29.4 Å². The van der Waals surface area contributed by atoms with Gasteiger partial charge in [0.25, 0.3) is 11.6 Å². The number of aryl methyl sites for hydroxylation is 1. The summed E-state index contributed by atoms with van der Waals surface area (Å²) in [6, 6.07) is 4.94. The van der Waals surface area contributed by atoms with Gasteiger partial charge >= 0.3 is 0 Å². The first-order valence-corrected chi connectivity index (χ1v) is 9.20. The monoisotopic (exact) mass is 418 g/mol. The van der Waals surface area contributed by atoms with E-state index < -0.39 is 23.2 Å². The van der Waals surface area contributed by atoms with Gasteiger partial charge in [0.1, 0.15) is 5.69 Å². The van der Waals surface area contributed by atoms with Gasteiger partial charge in [-0.05, 0) is 25.5 Å². The maximum absolute atomic E-state index is 14.3. The Morgan fingerprint density at radius 2 is 2.03 bits per heavy atom. The molecule has 30 heavy (non-hydrogen) atoms. The summed E-state index contributed by atoms with van der Waals surface area (Å²) in [5.74, 6) is -3.38. The van der Waals surface area contributed by atoms with Gasteiger partial charge in [-0.2, -0.15) is 5.10 Å². The summed E-state index contributed by atoms with van der Waals surface area (Å²) in [6.45, 7) is 1.73. The van der Waals surface area contributed by atoms with Crippen LogP contribution in [0.2, 0.25) is 0 Å². The first-order valence-electron chi connectivity index (χ1n) is 9.20. The molecule has 0 N–H and O–H groups in total. The lowest BCUT2D eigenvalue weighted by Gasteiger charge is -2.32. The van der Waals surface area contributed by atoms with Crippen LogP contribution in [0.3, 0.4) is 0 Å². The maximum atomic E-state index is 14.3. The Morgan fingerprint density at radius 3 is 2.73 bits per heavy atom. The minimum absolute atomic E-state index is 0.0357. The van der Waals surface area contributed by atoms with Crippen molar-refractivity contribution in [2.45, 2.75) is 25.7 Å². The molecule has 1 aliphatic heterocycles. The molecule has 2 aromatic heterocycles. The van der Waals surface area contributed by atoms with Crippen LogP contribution in [0.1, 0.15) is 18.5 Å². The van der Waals surface area contributed by atoms with E-state index >= 15 is 0 Å². The molecule has 1 saturated heterocycles. The van der Waals surface area contributed by atoms with Crippen LogP contribution >= 0.6 is 0 Å². The lowest BCUT2D eigenvalue weighted by molar-refractivity contribution is -0.385. The van der Waals surface area contributed by atoms with Gasteiger partial charge in [-0.25, -0.2) is 27.8 Å². The Hall–Kier alpha value is -3.50. The van der Waals surface area contributed by atoms with Crippen molar-refractivity contribution in [2.75, 3.05) is 18.0 Å². The zero-order chi connectivity index (χ0) is 21.5. The molecular formula is C19H17F3N6O2. The van der Waals surface area contributed by atoms with Crippen LogP contribution in [0.15, 0.2) is 36.7 Å². The van der Waals surface area contributed by atoms with Gasteiger partial charge < -0.3 is 4.90 Å². The fourth-order valence-corrected chi connectivity index (χ4v) is 3.36. The zero-order valence-corrected chi connectivity index (χ0v) is 15.9. The second-order valence-electron chi connectivity index (χ2n) is 7.14. The maximum Gasteiger partial charge on any atom is 0.272 e. The van der Waals surface area contributed by atoms with Crippen LogP contribution in [0.4, 0.5) is 24.8 Å². The number of aromatic nitrogens is 4. The van der Waals surface area contributed by atoms with Gasteiger partial charge in [0, 0.05) is 36.5 Å². The van der Waals surface area contributed by atoms with E-state index in [0.717, 1.165) is 6.07 Å². The van der Waals surface area contributed by atoms with Crippen molar-refractivity contribution in [1.82, 2.24) is 19.7 Å². The number of nitro benzene ring substituents is 1. The predicted octanol–water partition coefficient (Wildman–Crippen LogP) is 3.92. The molecule has 156 valence electrons. The predicted molar refractivity (Wildman–Crippen MR) is 102 cm³/mol. The molecular weight excluding hydrogens is 401 g/mol. The number of anilines is 1.